The summed E-state index contributed by atoms with van der Waals surface area (Å²) in [5.41, 5.74) is 0.769. The van der Waals surface area contributed by atoms with E-state index >= 15 is 0 Å². The topological polar surface area (TPSA) is 53.3 Å². The van der Waals surface area contributed by atoms with E-state index in [0.29, 0.717) is 19.1 Å². The van der Waals surface area contributed by atoms with Crippen molar-refractivity contribution in [3.8, 4) is 6.07 Å². The minimum absolute atomic E-state index is 0.0905. The monoisotopic (exact) mass is 258 g/mol. The molecule has 0 aliphatic carbocycles. The number of amides is 1. The first kappa shape index (κ1) is 13.6. The molecule has 0 aromatic heterocycles. The molecule has 0 radical (unpaired) electrons. The maximum atomic E-state index is 12.4. The highest BCUT2D eigenvalue weighted by atomic mass is 16.5. The molecule has 1 amide bonds. The SMILES string of the molecule is COCC1CCN(C(=O)C(C#N)c2ccccc2)C1. The number of rotatable bonds is 4. The Morgan fingerprint density at radius 1 is 1.53 bits per heavy atom. The molecule has 100 valence electrons. The fourth-order valence-corrected chi connectivity index (χ4v) is 2.50. The minimum Gasteiger partial charge on any atom is -0.384 e. The molecule has 1 fully saturated rings. The maximum Gasteiger partial charge on any atom is 0.244 e. The van der Waals surface area contributed by atoms with Crippen LogP contribution in [0.3, 0.4) is 0 Å². The summed E-state index contributed by atoms with van der Waals surface area (Å²) in [6.07, 6.45) is 0.951. The highest BCUT2D eigenvalue weighted by molar-refractivity contribution is 5.86. The number of ether oxygens (including phenoxy) is 1. The average molecular weight is 258 g/mol. The van der Waals surface area contributed by atoms with Gasteiger partial charge in [-0.1, -0.05) is 30.3 Å². The molecule has 1 saturated heterocycles. The highest BCUT2D eigenvalue weighted by Gasteiger charge is 2.31. The van der Waals surface area contributed by atoms with Crippen LogP contribution in [0.5, 0.6) is 0 Å². The van der Waals surface area contributed by atoms with Gasteiger partial charge in [0.05, 0.1) is 12.7 Å². The van der Waals surface area contributed by atoms with Crippen molar-refractivity contribution in [3.63, 3.8) is 0 Å². The van der Waals surface area contributed by atoms with Gasteiger partial charge in [0.2, 0.25) is 5.91 Å². The number of benzene rings is 1. The van der Waals surface area contributed by atoms with E-state index in [2.05, 4.69) is 6.07 Å². The van der Waals surface area contributed by atoms with Crippen LogP contribution in [0, 0.1) is 17.2 Å². The molecule has 1 heterocycles. The van der Waals surface area contributed by atoms with Gasteiger partial charge in [-0.15, -0.1) is 0 Å². The summed E-state index contributed by atoms with van der Waals surface area (Å²) in [7, 11) is 1.67. The van der Waals surface area contributed by atoms with Gasteiger partial charge in [-0.25, -0.2) is 0 Å². The number of likely N-dealkylation sites (tertiary alicyclic amines) is 1. The van der Waals surface area contributed by atoms with E-state index in [9.17, 15) is 10.1 Å². The summed E-state index contributed by atoms with van der Waals surface area (Å²) in [4.78, 5) is 14.2. The summed E-state index contributed by atoms with van der Waals surface area (Å²) < 4.78 is 5.12. The zero-order valence-corrected chi connectivity index (χ0v) is 11.1. The zero-order valence-electron chi connectivity index (χ0n) is 11.1. The van der Waals surface area contributed by atoms with Crippen LogP contribution in [0.15, 0.2) is 30.3 Å². The first-order valence-electron chi connectivity index (χ1n) is 6.48. The first-order chi connectivity index (χ1) is 9.26. The van der Waals surface area contributed by atoms with Crippen LogP contribution >= 0.6 is 0 Å². The molecule has 0 bridgehead atoms. The quantitative estimate of drug-likeness (QED) is 0.827. The van der Waals surface area contributed by atoms with E-state index in [1.54, 1.807) is 12.0 Å². The third kappa shape index (κ3) is 3.12. The van der Waals surface area contributed by atoms with Crippen molar-refractivity contribution in [2.24, 2.45) is 5.92 Å². The summed E-state index contributed by atoms with van der Waals surface area (Å²) in [5.74, 6) is -0.390. The van der Waals surface area contributed by atoms with Crippen LogP contribution in [0.1, 0.15) is 17.9 Å². The molecule has 4 heteroatoms. The van der Waals surface area contributed by atoms with Crippen molar-refractivity contribution in [1.29, 1.82) is 5.26 Å². The molecule has 1 aromatic carbocycles. The van der Waals surface area contributed by atoms with Crippen molar-refractivity contribution in [2.75, 3.05) is 26.8 Å². The molecule has 1 aromatic rings. The van der Waals surface area contributed by atoms with Crippen molar-refractivity contribution >= 4 is 5.91 Å². The van der Waals surface area contributed by atoms with E-state index in [1.807, 2.05) is 30.3 Å². The number of hydrogen-bond donors (Lipinski definition) is 0. The molecular weight excluding hydrogens is 240 g/mol. The van der Waals surface area contributed by atoms with Crippen LogP contribution in [-0.4, -0.2) is 37.6 Å². The van der Waals surface area contributed by atoms with Gasteiger partial charge < -0.3 is 9.64 Å². The Morgan fingerprint density at radius 2 is 2.26 bits per heavy atom. The standard InChI is InChI=1S/C15H18N2O2/c1-19-11-12-7-8-17(10-12)15(18)14(9-16)13-5-3-2-4-6-13/h2-6,12,14H,7-8,10-11H2,1H3. The molecular formula is C15H18N2O2. The predicted octanol–water partition coefficient (Wildman–Crippen LogP) is 1.79. The molecule has 0 N–H and O–H groups in total. The summed E-state index contributed by atoms with van der Waals surface area (Å²) in [6, 6.07) is 11.4. The lowest BCUT2D eigenvalue weighted by atomic mass is 9.99. The van der Waals surface area contributed by atoms with Crippen molar-refractivity contribution in [3.05, 3.63) is 35.9 Å². The Labute approximate surface area is 113 Å². The van der Waals surface area contributed by atoms with Crippen molar-refractivity contribution in [1.82, 2.24) is 4.90 Å². The number of nitrogens with zero attached hydrogens (tertiary/aromatic N) is 2. The van der Waals surface area contributed by atoms with Crippen LogP contribution < -0.4 is 0 Å². The number of hydrogen-bond acceptors (Lipinski definition) is 3. The Morgan fingerprint density at radius 3 is 2.89 bits per heavy atom. The molecule has 0 spiro atoms. The fraction of sp³-hybridized carbons (Fsp3) is 0.467. The van der Waals surface area contributed by atoms with Gasteiger partial charge in [0.15, 0.2) is 0 Å². The van der Waals surface area contributed by atoms with E-state index < -0.39 is 5.92 Å². The second-order valence-corrected chi connectivity index (χ2v) is 4.87. The van der Waals surface area contributed by atoms with Gasteiger partial charge in [-0.05, 0) is 12.0 Å². The zero-order chi connectivity index (χ0) is 13.7. The predicted molar refractivity (Wildman–Crippen MR) is 71.4 cm³/mol. The largest absolute Gasteiger partial charge is 0.384 e. The second kappa shape index (κ2) is 6.35. The van der Waals surface area contributed by atoms with E-state index in [0.717, 1.165) is 18.5 Å². The van der Waals surface area contributed by atoms with Crippen LogP contribution in [0.25, 0.3) is 0 Å². The normalized spacial score (nSPS) is 20.0. The Hall–Kier alpha value is -1.86. The molecule has 2 rings (SSSR count). The lowest BCUT2D eigenvalue weighted by Crippen LogP contribution is -2.33. The number of nitriles is 1. The minimum atomic E-state index is -0.692. The molecule has 19 heavy (non-hydrogen) atoms. The molecule has 0 saturated carbocycles. The molecule has 2 atom stereocenters. The summed E-state index contributed by atoms with van der Waals surface area (Å²) >= 11 is 0. The molecule has 2 unspecified atom stereocenters. The average Bonchev–Trinajstić information content (AvgIpc) is 2.90. The highest BCUT2D eigenvalue weighted by Crippen LogP contribution is 2.23. The lowest BCUT2D eigenvalue weighted by Gasteiger charge is -2.19. The Balaban J connectivity index is 2.05. The lowest BCUT2D eigenvalue weighted by molar-refractivity contribution is -0.130. The summed E-state index contributed by atoms with van der Waals surface area (Å²) in [5, 5.41) is 9.26. The molecule has 4 nitrogen and oxygen atoms in total. The number of carbonyl (C=O) groups is 1. The van der Waals surface area contributed by atoms with Crippen LogP contribution in [-0.2, 0) is 9.53 Å². The van der Waals surface area contributed by atoms with Gasteiger partial charge in [0, 0.05) is 26.1 Å². The van der Waals surface area contributed by atoms with E-state index in [4.69, 9.17) is 4.74 Å². The van der Waals surface area contributed by atoms with Crippen LogP contribution in [0.4, 0.5) is 0 Å². The Kier molecular flexibility index (Phi) is 4.53. The van der Waals surface area contributed by atoms with E-state index in [1.165, 1.54) is 0 Å². The van der Waals surface area contributed by atoms with Gasteiger partial charge in [0.25, 0.3) is 0 Å². The second-order valence-electron chi connectivity index (χ2n) is 4.87. The first-order valence-corrected chi connectivity index (χ1v) is 6.48. The van der Waals surface area contributed by atoms with Gasteiger partial charge in [-0.3, -0.25) is 4.79 Å². The third-order valence-electron chi connectivity index (χ3n) is 3.51. The maximum absolute atomic E-state index is 12.4. The Bertz CT molecular complexity index is 467. The van der Waals surface area contributed by atoms with Crippen molar-refractivity contribution in [2.45, 2.75) is 12.3 Å². The van der Waals surface area contributed by atoms with Crippen molar-refractivity contribution < 1.29 is 9.53 Å². The third-order valence-corrected chi connectivity index (χ3v) is 3.51. The molecule has 1 aliphatic rings. The number of methoxy groups -OCH3 is 1. The fourth-order valence-electron chi connectivity index (χ4n) is 2.50. The summed E-state index contributed by atoms with van der Waals surface area (Å²) in [6.45, 7) is 2.09. The molecule has 1 aliphatic heterocycles. The smallest absolute Gasteiger partial charge is 0.244 e. The van der Waals surface area contributed by atoms with Gasteiger partial charge in [-0.2, -0.15) is 5.26 Å². The van der Waals surface area contributed by atoms with E-state index in [-0.39, 0.29) is 5.91 Å². The number of carbonyl (C=O) groups excluding carboxylic acids is 1. The van der Waals surface area contributed by atoms with Gasteiger partial charge in [0.1, 0.15) is 5.92 Å². The van der Waals surface area contributed by atoms with Crippen LogP contribution in [0.2, 0.25) is 0 Å². The van der Waals surface area contributed by atoms with Gasteiger partial charge >= 0.3 is 0 Å².